The first-order valence-corrected chi connectivity index (χ1v) is 9.41. The molecule has 0 spiro atoms. The van der Waals surface area contributed by atoms with Crippen LogP contribution in [0.1, 0.15) is 12.0 Å². The Morgan fingerprint density at radius 1 is 1.42 bits per heavy atom. The number of rotatable bonds is 7. The van der Waals surface area contributed by atoms with Gasteiger partial charge in [0.05, 0.1) is 6.04 Å². The van der Waals surface area contributed by atoms with E-state index in [1.165, 1.54) is 0 Å². The Labute approximate surface area is 155 Å². The molecule has 24 heavy (non-hydrogen) atoms. The minimum absolute atomic E-state index is 0. The Morgan fingerprint density at radius 3 is 2.79 bits per heavy atom. The number of thioether (sulfide) groups is 1. The van der Waals surface area contributed by atoms with Crippen molar-refractivity contribution >= 4 is 35.9 Å². The highest BCUT2D eigenvalue weighted by molar-refractivity contribution is 7.98. The average molecular weight is 374 g/mol. The molecular weight excluding hydrogens is 346 g/mol. The summed E-state index contributed by atoms with van der Waals surface area (Å²) in [5, 5.41) is 2.95. The van der Waals surface area contributed by atoms with E-state index in [1.54, 1.807) is 11.8 Å². The van der Waals surface area contributed by atoms with Crippen LogP contribution in [0.2, 0.25) is 0 Å². The van der Waals surface area contributed by atoms with Gasteiger partial charge in [0.2, 0.25) is 5.91 Å². The molecule has 136 valence electrons. The van der Waals surface area contributed by atoms with Crippen LogP contribution >= 0.6 is 24.2 Å². The fourth-order valence-electron chi connectivity index (χ4n) is 2.56. The number of carbonyl (C=O) groups excluding carboxylic acids is 1. The number of carbonyl (C=O) groups is 1. The largest absolute Gasteiger partial charge is 0.354 e. The molecule has 1 aromatic heterocycles. The topological polar surface area (TPSA) is 74.5 Å². The highest BCUT2D eigenvalue weighted by Gasteiger charge is 2.19. The number of halogens is 1. The van der Waals surface area contributed by atoms with E-state index in [4.69, 9.17) is 5.73 Å². The standard InChI is InChI=1S/C16H27N5OS.ClH/c1-20-7-9-21(10-8-20)15-13(4-3-6-18-15)12-19-16(22)14(17)5-11-23-2;/h3-4,6,14H,5,7-12,17H2,1-2H3,(H,19,22);1H/t14-;/m0./s1. The van der Waals surface area contributed by atoms with Crippen molar-refractivity contribution in [3.8, 4) is 0 Å². The second-order valence-corrected chi connectivity index (χ2v) is 6.87. The smallest absolute Gasteiger partial charge is 0.237 e. The molecule has 0 radical (unpaired) electrons. The van der Waals surface area contributed by atoms with Crippen molar-refractivity contribution in [3.63, 3.8) is 0 Å². The molecular formula is C16H28ClN5OS. The summed E-state index contributed by atoms with van der Waals surface area (Å²) in [6.45, 7) is 4.45. The lowest BCUT2D eigenvalue weighted by Gasteiger charge is -2.34. The molecule has 1 aliphatic heterocycles. The average Bonchev–Trinajstić information content (AvgIpc) is 2.58. The van der Waals surface area contributed by atoms with Crippen LogP contribution in [-0.4, -0.2) is 67.1 Å². The zero-order chi connectivity index (χ0) is 16.7. The Morgan fingerprint density at radius 2 is 2.12 bits per heavy atom. The van der Waals surface area contributed by atoms with Gasteiger partial charge in [0.25, 0.3) is 0 Å². The highest BCUT2D eigenvalue weighted by Crippen LogP contribution is 2.18. The van der Waals surface area contributed by atoms with E-state index in [1.807, 2.05) is 24.6 Å². The summed E-state index contributed by atoms with van der Waals surface area (Å²) in [5.74, 6) is 1.78. The van der Waals surface area contributed by atoms with Crippen LogP contribution in [0, 0.1) is 0 Å². The monoisotopic (exact) mass is 373 g/mol. The predicted molar refractivity (Wildman–Crippen MR) is 104 cm³/mol. The number of piperazine rings is 1. The van der Waals surface area contributed by atoms with Crippen molar-refractivity contribution in [3.05, 3.63) is 23.9 Å². The molecule has 1 atom stereocenters. The maximum Gasteiger partial charge on any atom is 0.237 e. The Hall–Kier alpha value is -1.02. The molecule has 0 aromatic carbocycles. The molecule has 6 nitrogen and oxygen atoms in total. The molecule has 0 aliphatic carbocycles. The van der Waals surface area contributed by atoms with Crippen LogP contribution in [0.15, 0.2) is 18.3 Å². The molecule has 1 amide bonds. The van der Waals surface area contributed by atoms with Gasteiger partial charge in [-0.15, -0.1) is 12.4 Å². The molecule has 2 heterocycles. The second kappa shape index (κ2) is 10.8. The summed E-state index contributed by atoms with van der Waals surface area (Å²) in [7, 11) is 2.13. The van der Waals surface area contributed by atoms with Crippen LogP contribution < -0.4 is 16.0 Å². The molecule has 0 unspecified atom stereocenters. The highest BCUT2D eigenvalue weighted by atomic mass is 35.5. The third-order valence-corrected chi connectivity index (χ3v) is 4.74. The first-order chi connectivity index (χ1) is 11.1. The molecule has 8 heteroatoms. The van der Waals surface area contributed by atoms with Gasteiger partial charge in [0.15, 0.2) is 0 Å². The lowest BCUT2D eigenvalue weighted by Crippen LogP contribution is -2.45. The zero-order valence-corrected chi connectivity index (χ0v) is 16.0. The number of hydrogen-bond acceptors (Lipinski definition) is 6. The molecule has 3 N–H and O–H groups in total. The molecule has 1 aliphatic rings. The fourth-order valence-corrected chi connectivity index (χ4v) is 3.05. The predicted octanol–water partition coefficient (Wildman–Crippen LogP) is 0.952. The van der Waals surface area contributed by atoms with Crippen LogP contribution in [0.4, 0.5) is 5.82 Å². The lowest BCUT2D eigenvalue weighted by atomic mass is 10.2. The second-order valence-electron chi connectivity index (χ2n) is 5.88. The van der Waals surface area contributed by atoms with Gasteiger partial charge in [-0.2, -0.15) is 11.8 Å². The van der Waals surface area contributed by atoms with Crippen LogP contribution in [0.3, 0.4) is 0 Å². The van der Waals surface area contributed by atoms with E-state index < -0.39 is 6.04 Å². The third kappa shape index (κ3) is 6.12. The number of nitrogens with two attached hydrogens (primary N) is 1. The number of likely N-dealkylation sites (N-methyl/N-ethyl adjacent to an activating group) is 1. The van der Waals surface area contributed by atoms with E-state index in [-0.39, 0.29) is 18.3 Å². The van der Waals surface area contributed by atoms with Gasteiger partial charge >= 0.3 is 0 Å². The number of anilines is 1. The van der Waals surface area contributed by atoms with Crippen LogP contribution in [0.25, 0.3) is 0 Å². The van der Waals surface area contributed by atoms with Gasteiger partial charge in [-0.05, 0) is 31.5 Å². The van der Waals surface area contributed by atoms with Crippen molar-refractivity contribution < 1.29 is 4.79 Å². The summed E-state index contributed by atoms with van der Waals surface area (Å²) < 4.78 is 0. The van der Waals surface area contributed by atoms with Crippen molar-refractivity contribution in [1.82, 2.24) is 15.2 Å². The number of nitrogens with one attached hydrogen (secondary N) is 1. The van der Waals surface area contributed by atoms with E-state index in [0.29, 0.717) is 13.0 Å². The number of pyridine rings is 1. The Bertz CT molecular complexity index is 511. The molecule has 1 saturated heterocycles. The summed E-state index contributed by atoms with van der Waals surface area (Å²) in [6.07, 6.45) is 4.52. The molecule has 0 saturated carbocycles. The van der Waals surface area contributed by atoms with Crippen LogP contribution in [-0.2, 0) is 11.3 Å². The van der Waals surface area contributed by atoms with Gasteiger partial charge in [-0.25, -0.2) is 4.98 Å². The van der Waals surface area contributed by atoms with Crippen molar-refractivity contribution in [1.29, 1.82) is 0 Å². The van der Waals surface area contributed by atoms with Gasteiger partial charge in [-0.1, -0.05) is 6.07 Å². The van der Waals surface area contributed by atoms with Gasteiger partial charge in [0.1, 0.15) is 5.82 Å². The fraction of sp³-hybridized carbons (Fsp3) is 0.625. The minimum atomic E-state index is -0.439. The first-order valence-electron chi connectivity index (χ1n) is 8.01. The maximum absolute atomic E-state index is 12.1. The summed E-state index contributed by atoms with van der Waals surface area (Å²) >= 11 is 1.70. The minimum Gasteiger partial charge on any atom is -0.354 e. The van der Waals surface area contributed by atoms with Gasteiger partial charge < -0.3 is 20.9 Å². The number of amides is 1. The lowest BCUT2D eigenvalue weighted by molar-refractivity contribution is -0.122. The molecule has 1 aromatic rings. The third-order valence-electron chi connectivity index (χ3n) is 4.09. The molecule has 1 fully saturated rings. The van der Waals surface area contributed by atoms with Crippen molar-refractivity contribution in [2.75, 3.05) is 50.1 Å². The van der Waals surface area contributed by atoms with Crippen LogP contribution in [0.5, 0.6) is 0 Å². The maximum atomic E-state index is 12.1. The number of nitrogens with zero attached hydrogens (tertiary/aromatic N) is 3. The first kappa shape index (κ1) is 21.0. The van der Waals surface area contributed by atoms with E-state index >= 15 is 0 Å². The Balaban J connectivity index is 0.00000288. The summed E-state index contributed by atoms with van der Waals surface area (Å²) in [6, 6.07) is 3.49. The zero-order valence-electron chi connectivity index (χ0n) is 14.4. The SMILES string of the molecule is CSCC[C@H](N)C(=O)NCc1cccnc1N1CCN(C)CC1.Cl. The van der Waals surface area contributed by atoms with E-state index in [2.05, 4.69) is 27.1 Å². The molecule has 0 bridgehead atoms. The van der Waals surface area contributed by atoms with Crippen molar-refractivity contribution in [2.24, 2.45) is 5.73 Å². The number of aromatic nitrogens is 1. The van der Waals surface area contributed by atoms with Gasteiger partial charge in [-0.3, -0.25) is 4.79 Å². The quantitative estimate of drug-likeness (QED) is 0.741. The molecule has 2 rings (SSSR count). The number of hydrogen-bond donors (Lipinski definition) is 2. The van der Waals surface area contributed by atoms with Gasteiger partial charge in [0, 0.05) is 44.5 Å². The summed E-state index contributed by atoms with van der Waals surface area (Å²) in [4.78, 5) is 21.2. The van der Waals surface area contributed by atoms with E-state index in [9.17, 15) is 4.79 Å². The van der Waals surface area contributed by atoms with Crippen molar-refractivity contribution in [2.45, 2.75) is 19.0 Å². The van der Waals surface area contributed by atoms with E-state index in [0.717, 1.165) is 43.3 Å². The summed E-state index contributed by atoms with van der Waals surface area (Å²) in [5.41, 5.74) is 6.95. The normalized spacial score (nSPS) is 16.4. The Kier molecular flexibility index (Phi) is 9.43.